The fraction of sp³-hybridized carbons (Fsp3) is 0.867. The number of hydrogen-bond acceptors (Lipinski definition) is 4. The van der Waals surface area contributed by atoms with Gasteiger partial charge in [-0.2, -0.15) is 0 Å². The van der Waals surface area contributed by atoms with Crippen molar-refractivity contribution in [1.29, 1.82) is 0 Å². The van der Waals surface area contributed by atoms with Gasteiger partial charge < -0.3 is 10.2 Å². The van der Waals surface area contributed by atoms with Crippen molar-refractivity contribution in [2.45, 2.75) is 39.0 Å². The number of nitrogens with zero attached hydrogens (tertiary/aromatic N) is 2. The molecule has 0 bridgehead atoms. The Kier molecular flexibility index (Phi) is 6.41. The predicted molar refractivity (Wildman–Crippen MR) is 87.2 cm³/mol. The summed E-state index contributed by atoms with van der Waals surface area (Å²) in [5.41, 5.74) is 0. The van der Waals surface area contributed by atoms with Crippen LogP contribution in [-0.4, -0.2) is 67.9 Å². The van der Waals surface area contributed by atoms with E-state index in [-0.39, 0.29) is 30.0 Å². The molecule has 23 heavy (non-hydrogen) atoms. The van der Waals surface area contributed by atoms with Crippen LogP contribution >= 0.6 is 0 Å². The maximum atomic E-state index is 12.2. The molecular weight excluding hydrogens is 318 g/mol. The number of piperidine rings is 2. The summed E-state index contributed by atoms with van der Waals surface area (Å²) in [6.45, 7) is 4.00. The molecule has 0 aromatic rings. The lowest BCUT2D eigenvalue weighted by molar-refractivity contribution is -0.134. The van der Waals surface area contributed by atoms with Gasteiger partial charge in [0, 0.05) is 32.1 Å². The van der Waals surface area contributed by atoms with Gasteiger partial charge in [-0.05, 0) is 39.0 Å². The molecule has 0 aliphatic carbocycles. The Morgan fingerprint density at radius 2 is 1.65 bits per heavy atom. The van der Waals surface area contributed by atoms with Crippen LogP contribution in [-0.2, 0) is 19.6 Å². The summed E-state index contributed by atoms with van der Waals surface area (Å²) in [4.78, 5) is 26.0. The van der Waals surface area contributed by atoms with E-state index >= 15 is 0 Å². The number of sulfonamides is 1. The molecule has 7 nitrogen and oxygen atoms in total. The molecule has 0 radical (unpaired) electrons. The van der Waals surface area contributed by atoms with Gasteiger partial charge in [0.05, 0.1) is 12.3 Å². The van der Waals surface area contributed by atoms with E-state index in [0.717, 1.165) is 32.4 Å². The van der Waals surface area contributed by atoms with Crippen molar-refractivity contribution in [2.24, 2.45) is 5.92 Å². The minimum Gasteiger partial charge on any atom is -0.347 e. The molecular formula is C15H27N3O4S. The highest BCUT2D eigenvalue weighted by Crippen LogP contribution is 2.20. The molecule has 2 rings (SSSR count). The second kappa shape index (κ2) is 8.10. The molecule has 0 aromatic carbocycles. The molecule has 132 valence electrons. The fourth-order valence-corrected chi connectivity index (χ4v) is 4.27. The Hall–Kier alpha value is -1.15. The third kappa shape index (κ3) is 4.91. The molecule has 0 saturated carbocycles. The Morgan fingerprint density at radius 3 is 2.22 bits per heavy atom. The molecule has 2 saturated heterocycles. The van der Waals surface area contributed by atoms with Crippen molar-refractivity contribution in [2.75, 3.05) is 38.5 Å². The van der Waals surface area contributed by atoms with Gasteiger partial charge in [-0.3, -0.25) is 9.59 Å². The highest BCUT2D eigenvalue weighted by Gasteiger charge is 2.30. The molecule has 2 heterocycles. The van der Waals surface area contributed by atoms with Crippen LogP contribution in [0.2, 0.25) is 0 Å². The zero-order valence-electron chi connectivity index (χ0n) is 13.8. The zero-order chi connectivity index (χ0) is 16.9. The molecule has 8 heteroatoms. The second-order valence-corrected chi connectivity index (χ2v) is 8.49. The largest absolute Gasteiger partial charge is 0.347 e. The smallest absolute Gasteiger partial charge is 0.241 e. The van der Waals surface area contributed by atoms with Crippen LogP contribution in [0.15, 0.2) is 0 Å². The lowest BCUT2D eigenvalue weighted by atomic mass is 9.97. The second-order valence-electron chi connectivity index (χ2n) is 6.23. The summed E-state index contributed by atoms with van der Waals surface area (Å²) >= 11 is 0. The van der Waals surface area contributed by atoms with Gasteiger partial charge in [0.1, 0.15) is 0 Å². The van der Waals surface area contributed by atoms with Gasteiger partial charge >= 0.3 is 0 Å². The summed E-state index contributed by atoms with van der Waals surface area (Å²) in [6, 6.07) is 0. The quantitative estimate of drug-likeness (QED) is 0.770. The number of likely N-dealkylation sites (tertiary alicyclic amines) is 1. The summed E-state index contributed by atoms with van der Waals surface area (Å²) < 4.78 is 25.0. The van der Waals surface area contributed by atoms with Crippen molar-refractivity contribution in [1.82, 2.24) is 14.5 Å². The predicted octanol–water partition coefficient (Wildman–Crippen LogP) is 0.177. The van der Waals surface area contributed by atoms with E-state index in [4.69, 9.17) is 0 Å². The minimum atomic E-state index is -3.17. The SMILES string of the molecule is CCS(=O)(=O)N1CCC(C(=O)NCC(=O)N2CCCCC2)CC1. The minimum absolute atomic E-state index is 0.0240. The van der Waals surface area contributed by atoms with Gasteiger partial charge in [0.2, 0.25) is 21.8 Å². The van der Waals surface area contributed by atoms with Crippen molar-refractivity contribution in [3.05, 3.63) is 0 Å². The zero-order valence-corrected chi connectivity index (χ0v) is 14.6. The molecule has 0 aromatic heterocycles. The van der Waals surface area contributed by atoms with Crippen molar-refractivity contribution < 1.29 is 18.0 Å². The molecule has 2 fully saturated rings. The average Bonchev–Trinajstić information content (AvgIpc) is 2.60. The maximum Gasteiger partial charge on any atom is 0.241 e. The first-order valence-corrected chi connectivity index (χ1v) is 10.1. The number of hydrogen-bond donors (Lipinski definition) is 1. The van der Waals surface area contributed by atoms with Crippen LogP contribution in [0, 0.1) is 5.92 Å². The van der Waals surface area contributed by atoms with E-state index < -0.39 is 10.0 Å². The summed E-state index contributed by atoms with van der Waals surface area (Å²) in [7, 11) is -3.17. The van der Waals surface area contributed by atoms with E-state index in [0.29, 0.717) is 25.9 Å². The summed E-state index contributed by atoms with van der Waals surface area (Å²) in [5.74, 6) is -0.269. The van der Waals surface area contributed by atoms with Gasteiger partial charge in [0.15, 0.2) is 0 Å². The van der Waals surface area contributed by atoms with E-state index in [1.54, 1.807) is 11.8 Å². The third-order valence-electron chi connectivity index (χ3n) is 4.71. The number of carbonyl (C=O) groups excluding carboxylic acids is 2. The van der Waals surface area contributed by atoms with Gasteiger partial charge in [0.25, 0.3) is 0 Å². The van der Waals surface area contributed by atoms with E-state index in [1.165, 1.54) is 4.31 Å². The van der Waals surface area contributed by atoms with Crippen LogP contribution in [0.5, 0.6) is 0 Å². The first-order chi connectivity index (χ1) is 10.9. The van der Waals surface area contributed by atoms with E-state index in [2.05, 4.69) is 5.32 Å². The molecule has 0 unspecified atom stereocenters. The van der Waals surface area contributed by atoms with Gasteiger partial charge in [-0.15, -0.1) is 0 Å². The lowest BCUT2D eigenvalue weighted by Crippen LogP contribution is -2.46. The highest BCUT2D eigenvalue weighted by atomic mass is 32.2. The third-order valence-corrected chi connectivity index (χ3v) is 6.59. The van der Waals surface area contributed by atoms with E-state index in [1.807, 2.05) is 0 Å². The fourth-order valence-electron chi connectivity index (χ4n) is 3.14. The normalized spacial score (nSPS) is 21.2. The van der Waals surface area contributed by atoms with Crippen LogP contribution in [0.25, 0.3) is 0 Å². The van der Waals surface area contributed by atoms with Gasteiger partial charge in [-0.1, -0.05) is 0 Å². The molecule has 2 amide bonds. The van der Waals surface area contributed by atoms with Crippen LogP contribution in [0.4, 0.5) is 0 Å². The first-order valence-electron chi connectivity index (χ1n) is 8.47. The van der Waals surface area contributed by atoms with Crippen LogP contribution < -0.4 is 5.32 Å². The number of rotatable bonds is 5. The highest BCUT2D eigenvalue weighted by molar-refractivity contribution is 7.89. The topological polar surface area (TPSA) is 86.8 Å². The molecule has 0 atom stereocenters. The monoisotopic (exact) mass is 345 g/mol. The number of nitrogens with one attached hydrogen (secondary N) is 1. The molecule has 1 N–H and O–H groups in total. The van der Waals surface area contributed by atoms with Gasteiger partial charge in [-0.25, -0.2) is 12.7 Å². The lowest BCUT2D eigenvalue weighted by Gasteiger charge is -2.30. The first kappa shape index (κ1) is 18.2. The van der Waals surface area contributed by atoms with Crippen molar-refractivity contribution >= 4 is 21.8 Å². The van der Waals surface area contributed by atoms with Crippen LogP contribution in [0.1, 0.15) is 39.0 Å². The number of amides is 2. The van der Waals surface area contributed by atoms with E-state index in [9.17, 15) is 18.0 Å². The molecule has 0 spiro atoms. The maximum absolute atomic E-state index is 12.2. The van der Waals surface area contributed by atoms with Crippen molar-refractivity contribution in [3.63, 3.8) is 0 Å². The number of carbonyl (C=O) groups is 2. The Morgan fingerprint density at radius 1 is 1.04 bits per heavy atom. The van der Waals surface area contributed by atoms with Crippen LogP contribution in [0.3, 0.4) is 0 Å². The summed E-state index contributed by atoms with van der Waals surface area (Å²) in [5, 5.41) is 2.72. The Labute approximate surface area is 138 Å². The summed E-state index contributed by atoms with van der Waals surface area (Å²) in [6.07, 6.45) is 4.26. The standard InChI is InChI=1S/C15H27N3O4S/c1-2-23(21,22)18-10-6-13(7-11-18)15(20)16-12-14(19)17-8-4-3-5-9-17/h13H,2-12H2,1H3,(H,16,20). The molecule has 2 aliphatic heterocycles. The molecule has 2 aliphatic rings. The van der Waals surface area contributed by atoms with Crippen molar-refractivity contribution in [3.8, 4) is 0 Å². The Bertz CT molecular complexity index is 521. The average molecular weight is 345 g/mol. The Balaban J connectivity index is 1.73.